The molecule has 1 atom stereocenters. The molecule has 1 unspecified atom stereocenters. The lowest BCUT2D eigenvalue weighted by atomic mass is 10.2. The van der Waals surface area contributed by atoms with Crippen LogP contribution >= 0.6 is 23.1 Å². The number of para-hydroxylation sites is 1. The Labute approximate surface area is 199 Å². The van der Waals surface area contributed by atoms with Crippen LogP contribution in [0.3, 0.4) is 0 Å². The third-order valence-corrected chi connectivity index (χ3v) is 6.81. The summed E-state index contributed by atoms with van der Waals surface area (Å²) in [5.41, 5.74) is 1.08. The molecule has 0 spiro atoms. The predicted molar refractivity (Wildman–Crippen MR) is 130 cm³/mol. The Morgan fingerprint density at radius 3 is 2.64 bits per heavy atom. The van der Waals surface area contributed by atoms with E-state index >= 15 is 0 Å². The van der Waals surface area contributed by atoms with Crippen molar-refractivity contribution in [3.63, 3.8) is 0 Å². The Kier molecular flexibility index (Phi) is 7.41. The smallest absolute Gasteiger partial charge is 0.230 e. The average Bonchev–Trinajstić information content (AvgIpc) is 3.49. The molecule has 2 aromatic heterocycles. The van der Waals surface area contributed by atoms with Gasteiger partial charge in [-0.15, -0.1) is 21.5 Å². The number of nitrogens with zero attached hydrogens (tertiary/aromatic N) is 3. The first-order valence-electron chi connectivity index (χ1n) is 10.5. The van der Waals surface area contributed by atoms with Crippen LogP contribution in [0.2, 0.25) is 0 Å². The Bertz CT molecular complexity index is 1210. The minimum absolute atomic E-state index is 0.0815. The van der Waals surface area contributed by atoms with Crippen LogP contribution in [0.4, 0.5) is 4.39 Å². The summed E-state index contributed by atoms with van der Waals surface area (Å²) >= 11 is 2.81. The molecule has 4 aromatic rings. The first-order valence-corrected chi connectivity index (χ1v) is 12.3. The van der Waals surface area contributed by atoms with Crippen molar-refractivity contribution in [2.45, 2.75) is 25.0 Å². The predicted octanol–water partition coefficient (Wildman–Crippen LogP) is 5.50. The second-order valence-electron chi connectivity index (χ2n) is 7.14. The third kappa shape index (κ3) is 5.43. The van der Waals surface area contributed by atoms with Crippen LogP contribution in [0, 0.1) is 5.82 Å². The van der Waals surface area contributed by atoms with E-state index in [1.54, 1.807) is 34.1 Å². The number of thioether (sulfide) groups is 1. The van der Waals surface area contributed by atoms with E-state index in [1.807, 2.05) is 55.6 Å². The fraction of sp³-hybridized carbons (Fsp3) is 0.208. The number of thiophene rings is 1. The number of hydrogen-bond donors (Lipinski definition) is 1. The van der Waals surface area contributed by atoms with Gasteiger partial charge in [-0.25, -0.2) is 4.39 Å². The SMILES string of the molecule is CCOc1ccc(-c2nnc(SCC(=O)NC(C)c3cccs3)n2-c2ccccc2F)cc1. The quantitative estimate of drug-likeness (QED) is 0.319. The molecular formula is C24H23FN4O2S2. The number of carbonyl (C=O) groups is 1. The third-order valence-electron chi connectivity index (χ3n) is 4.83. The van der Waals surface area contributed by atoms with Crippen molar-refractivity contribution in [2.75, 3.05) is 12.4 Å². The van der Waals surface area contributed by atoms with E-state index in [0.717, 1.165) is 16.2 Å². The largest absolute Gasteiger partial charge is 0.494 e. The zero-order valence-electron chi connectivity index (χ0n) is 18.2. The maximum absolute atomic E-state index is 14.7. The van der Waals surface area contributed by atoms with Crippen molar-refractivity contribution in [1.82, 2.24) is 20.1 Å². The zero-order chi connectivity index (χ0) is 23.2. The monoisotopic (exact) mass is 482 g/mol. The van der Waals surface area contributed by atoms with E-state index in [2.05, 4.69) is 15.5 Å². The first-order chi connectivity index (χ1) is 16.1. The van der Waals surface area contributed by atoms with Crippen molar-refractivity contribution in [2.24, 2.45) is 0 Å². The lowest BCUT2D eigenvalue weighted by molar-refractivity contribution is -0.119. The highest BCUT2D eigenvalue weighted by Gasteiger charge is 2.20. The van der Waals surface area contributed by atoms with E-state index < -0.39 is 5.82 Å². The Morgan fingerprint density at radius 1 is 1.15 bits per heavy atom. The van der Waals surface area contributed by atoms with Crippen LogP contribution in [-0.4, -0.2) is 33.0 Å². The summed E-state index contributed by atoms with van der Waals surface area (Å²) in [4.78, 5) is 13.6. The zero-order valence-corrected chi connectivity index (χ0v) is 19.8. The van der Waals surface area contributed by atoms with Gasteiger partial charge < -0.3 is 10.1 Å². The van der Waals surface area contributed by atoms with E-state index in [4.69, 9.17) is 4.74 Å². The van der Waals surface area contributed by atoms with E-state index in [0.29, 0.717) is 23.3 Å². The van der Waals surface area contributed by atoms with E-state index in [9.17, 15) is 9.18 Å². The molecule has 0 fully saturated rings. The average molecular weight is 483 g/mol. The first kappa shape index (κ1) is 23.0. The van der Waals surface area contributed by atoms with E-state index in [-0.39, 0.29) is 17.7 Å². The summed E-state index contributed by atoms with van der Waals surface area (Å²) in [7, 11) is 0. The summed E-state index contributed by atoms with van der Waals surface area (Å²) in [5.74, 6) is 0.821. The molecule has 0 aliphatic rings. The number of carbonyl (C=O) groups excluding carboxylic acids is 1. The van der Waals surface area contributed by atoms with Gasteiger partial charge in [0, 0.05) is 10.4 Å². The molecule has 0 aliphatic carbocycles. The topological polar surface area (TPSA) is 69.0 Å². The second kappa shape index (κ2) is 10.6. The van der Waals surface area contributed by atoms with Crippen LogP contribution in [0.5, 0.6) is 5.75 Å². The van der Waals surface area contributed by atoms with Gasteiger partial charge in [0.2, 0.25) is 5.91 Å². The standard InChI is InChI=1S/C24H23FN4O2S2/c1-3-31-18-12-10-17(11-13-18)23-27-28-24(29(23)20-8-5-4-7-19(20)25)33-15-22(30)26-16(2)21-9-6-14-32-21/h4-14,16H,3,15H2,1-2H3,(H,26,30). The number of ether oxygens (including phenoxy) is 1. The lowest BCUT2D eigenvalue weighted by Gasteiger charge is -2.13. The van der Waals surface area contributed by atoms with Gasteiger partial charge >= 0.3 is 0 Å². The molecule has 2 aromatic carbocycles. The minimum atomic E-state index is -0.401. The minimum Gasteiger partial charge on any atom is -0.494 e. The van der Waals surface area contributed by atoms with Gasteiger partial charge in [0.1, 0.15) is 11.6 Å². The van der Waals surface area contributed by atoms with Crippen molar-refractivity contribution in [3.8, 4) is 22.8 Å². The summed E-state index contributed by atoms with van der Waals surface area (Å²) in [6.45, 7) is 4.43. The van der Waals surface area contributed by atoms with Crippen LogP contribution in [0.1, 0.15) is 24.8 Å². The van der Waals surface area contributed by atoms with Gasteiger partial charge in [-0.3, -0.25) is 9.36 Å². The molecule has 1 N–H and O–H groups in total. The van der Waals surface area contributed by atoms with Gasteiger partial charge in [0.25, 0.3) is 0 Å². The fourth-order valence-electron chi connectivity index (χ4n) is 3.29. The molecule has 0 saturated carbocycles. The van der Waals surface area contributed by atoms with Crippen molar-refractivity contribution < 1.29 is 13.9 Å². The fourth-order valence-corrected chi connectivity index (χ4v) is 4.78. The number of aromatic nitrogens is 3. The highest BCUT2D eigenvalue weighted by molar-refractivity contribution is 7.99. The summed E-state index contributed by atoms with van der Waals surface area (Å²) in [6.07, 6.45) is 0. The van der Waals surface area contributed by atoms with Gasteiger partial charge in [0.15, 0.2) is 11.0 Å². The number of amides is 1. The van der Waals surface area contributed by atoms with E-state index in [1.165, 1.54) is 17.8 Å². The lowest BCUT2D eigenvalue weighted by Crippen LogP contribution is -2.27. The maximum Gasteiger partial charge on any atom is 0.230 e. The van der Waals surface area contributed by atoms with Gasteiger partial charge in [-0.2, -0.15) is 0 Å². The highest BCUT2D eigenvalue weighted by Crippen LogP contribution is 2.30. The molecule has 2 heterocycles. The normalized spacial score (nSPS) is 11.8. The number of rotatable bonds is 9. The number of hydrogen-bond acceptors (Lipinski definition) is 6. The van der Waals surface area contributed by atoms with Crippen LogP contribution in [0.15, 0.2) is 71.2 Å². The van der Waals surface area contributed by atoms with Crippen molar-refractivity contribution in [1.29, 1.82) is 0 Å². The Morgan fingerprint density at radius 2 is 1.94 bits per heavy atom. The van der Waals surface area contributed by atoms with Gasteiger partial charge in [-0.1, -0.05) is 30.0 Å². The van der Waals surface area contributed by atoms with Crippen LogP contribution in [0.25, 0.3) is 17.1 Å². The van der Waals surface area contributed by atoms with Crippen LogP contribution < -0.4 is 10.1 Å². The Hall–Kier alpha value is -3.17. The molecule has 4 rings (SSSR count). The Balaban J connectivity index is 1.59. The molecule has 33 heavy (non-hydrogen) atoms. The summed E-state index contributed by atoms with van der Waals surface area (Å²) < 4.78 is 21.9. The molecule has 170 valence electrons. The van der Waals surface area contributed by atoms with Crippen molar-refractivity contribution in [3.05, 3.63) is 76.7 Å². The second-order valence-corrected chi connectivity index (χ2v) is 9.07. The molecule has 1 amide bonds. The van der Waals surface area contributed by atoms with Gasteiger partial charge in [0.05, 0.1) is 24.1 Å². The molecule has 6 nitrogen and oxygen atoms in total. The molecule has 0 bridgehead atoms. The highest BCUT2D eigenvalue weighted by atomic mass is 32.2. The maximum atomic E-state index is 14.7. The number of benzene rings is 2. The molecule has 0 saturated heterocycles. The summed E-state index contributed by atoms with van der Waals surface area (Å²) in [6, 6.07) is 17.7. The van der Waals surface area contributed by atoms with Gasteiger partial charge in [-0.05, 0) is 61.7 Å². The summed E-state index contributed by atoms with van der Waals surface area (Å²) in [5, 5.41) is 14.0. The molecule has 0 aliphatic heterocycles. The molecular weight excluding hydrogens is 459 g/mol. The van der Waals surface area contributed by atoms with Crippen molar-refractivity contribution >= 4 is 29.0 Å². The van der Waals surface area contributed by atoms with Crippen LogP contribution in [-0.2, 0) is 4.79 Å². The number of halogens is 1. The molecule has 9 heteroatoms. The number of nitrogens with one attached hydrogen (secondary N) is 1. The molecule has 0 radical (unpaired) electrons.